The standard InChI is InChI=1S/C28H33N5O/c34-28-27-9-6-23(17-24(27)20-32(28)26-3-1-12-29-18-26)22-10-15-31(16-11-22)19-21-4-7-25(8-5-21)33-14-2-13-30-33/h2,4-9,13-14,17,22,26,29H,1,3,10-12,15-16,18-20H2. The molecule has 3 aliphatic heterocycles. The monoisotopic (exact) mass is 455 g/mol. The Balaban J connectivity index is 1.06. The number of piperidine rings is 2. The zero-order valence-electron chi connectivity index (χ0n) is 19.7. The molecule has 0 bridgehead atoms. The highest BCUT2D eigenvalue weighted by molar-refractivity contribution is 5.98. The van der Waals surface area contributed by atoms with E-state index in [1.165, 1.54) is 29.5 Å². The van der Waals surface area contributed by atoms with E-state index in [9.17, 15) is 4.79 Å². The van der Waals surface area contributed by atoms with Crippen LogP contribution in [0.25, 0.3) is 5.69 Å². The fourth-order valence-electron chi connectivity index (χ4n) is 5.87. The summed E-state index contributed by atoms with van der Waals surface area (Å²) >= 11 is 0. The number of likely N-dealkylation sites (tertiary alicyclic amines) is 1. The number of nitrogens with zero attached hydrogens (tertiary/aromatic N) is 4. The summed E-state index contributed by atoms with van der Waals surface area (Å²) in [6, 6.07) is 17.7. The lowest BCUT2D eigenvalue weighted by molar-refractivity contribution is 0.0674. The third-order valence-corrected chi connectivity index (χ3v) is 7.84. The summed E-state index contributed by atoms with van der Waals surface area (Å²) in [6.07, 6.45) is 8.40. The van der Waals surface area contributed by atoms with Gasteiger partial charge in [-0.05, 0) is 92.2 Å². The van der Waals surface area contributed by atoms with Crippen LogP contribution in [0.1, 0.15) is 58.6 Å². The number of rotatable bonds is 5. The normalized spacial score (nSPS) is 21.7. The Morgan fingerprint density at radius 2 is 1.88 bits per heavy atom. The fraction of sp³-hybridized carbons (Fsp3) is 0.429. The van der Waals surface area contributed by atoms with Crippen molar-refractivity contribution in [3.8, 4) is 5.69 Å². The van der Waals surface area contributed by atoms with Crippen LogP contribution < -0.4 is 5.32 Å². The highest BCUT2D eigenvalue weighted by Crippen LogP contribution is 2.33. The highest BCUT2D eigenvalue weighted by Gasteiger charge is 2.34. The summed E-state index contributed by atoms with van der Waals surface area (Å²) in [7, 11) is 0. The Morgan fingerprint density at radius 3 is 2.62 bits per heavy atom. The molecule has 176 valence electrons. The van der Waals surface area contributed by atoms with Crippen LogP contribution in [0, 0.1) is 0 Å². The summed E-state index contributed by atoms with van der Waals surface area (Å²) in [5.41, 5.74) is 6.01. The molecule has 1 unspecified atom stereocenters. The molecule has 6 heteroatoms. The predicted molar refractivity (Wildman–Crippen MR) is 133 cm³/mol. The number of carbonyl (C=O) groups is 1. The van der Waals surface area contributed by atoms with E-state index in [1.807, 2.05) is 16.9 Å². The average molecular weight is 456 g/mol. The van der Waals surface area contributed by atoms with Crippen molar-refractivity contribution in [1.82, 2.24) is 24.9 Å². The van der Waals surface area contributed by atoms with Gasteiger partial charge < -0.3 is 10.2 Å². The molecule has 0 radical (unpaired) electrons. The van der Waals surface area contributed by atoms with Crippen LogP contribution in [0.4, 0.5) is 0 Å². The summed E-state index contributed by atoms with van der Waals surface area (Å²) in [5, 5.41) is 7.75. The van der Waals surface area contributed by atoms with Gasteiger partial charge in [0.2, 0.25) is 0 Å². The maximum Gasteiger partial charge on any atom is 0.254 e. The van der Waals surface area contributed by atoms with Crippen LogP contribution in [0.15, 0.2) is 60.9 Å². The van der Waals surface area contributed by atoms with Gasteiger partial charge >= 0.3 is 0 Å². The SMILES string of the molecule is O=C1c2ccc(C3CCN(Cc4ccc(-n5cccn5)cc4)CC3)cc2CN1C1CCCNC1. The summed E-state index contributed by atoms with van der Waals surface area (Å²) in [4.78, 5) is 17.6. The molecule has 2 saturated heterocycles. The van der Waals surface area contributed by atoms with E-state index in [2.05, 4.69) is 62.7 Å². The summed E-state index contributed by atoms with van der Waals surface area (Å²) in [5.74, 6) is 0.813. The molecule has 3 aromatic rings. The molecular formula is C28H33N5O. The molecule has 1 amide bonds. The molecule has 4 heterocycles. The predicted octanol–water partition coefficient (Wildman–Crippen LogP) is 3.96. The number of amides is 1. The zero-order chi connectivity index (χ0) is 22.9. The Kier molecular flexibility index (Phi) is 5.93. The van der Waals surface area contributed by atoms with E-state index in [-0.39, 0.29) is 5.91 Å². The van der Waals surface area contributed by atoms with Crippen LogP contribution in [0.5, 0.6) is 0 Å². The van der Waals surface area contributed by atoms with Crippen molar-refractivity contribution in [1.29, 1.82) is 0 Å². The third kappa shape index (κ3) is 4.28. The molecule has 0 aliphatic carbocycles. The number of nitrogens with one attached hydrogen (secondary N) is 1. The largest absolute Gasteiger partial charge is 0.330 e. The van der Waals surface area contributed by atoms with Gasteiger partial charge in [-0.15, -0.1) is 0 Å². The van der Waals surface area contributed by atoms with Crippen LogP contribution in [0.2, 0.25) is 0 Å². The van der Waals surface area contributed by atoms with Crippen molar-refractivity contribution in [2.75, 3.05) is 26.2 Å². The Hall–Kier alpha value is -2.96. The first kappa shape index (κ1) is 21.6. The average Bonchev–Trinajstić information content (AvgIpc) is 3.54. The molecule has 0 spiro atoms. The van der Waals surface area contributed by atoms with Crippen molar-refractivity contribution in [2.24, 2.45) is 0 Å². The van der Waals surface area contributed by atoms with Crippen molar-refractivity contribution in [2.45, 2.75) is 50.7 Å². The molecule has 6 nitrogen and oxygen atoms in total. The molecule has 2 aromatic carbocycles. The Morgan fingerprint density at radius 1 is 1.03 bits per heavy atom. The van der Waals surface area contributed by atoms with Gasteiger partial charge in [0.15, 0.2) is 0 Å². The molecule has 6 rings (SSSR count). The van der Waals surface area contributed by atoms with Gasteiger partial charge in [0.1, 0.15) is 0 Å². The number of hydrogen-bond acceptors (Lipinski definition) is 4. The van der Waals surface area contributed by atoms with Gasteiger partial charge in [0.25, 0.3) is 5.91 Å². The topological polar surface area (TPSA) is 53.4 Å². The minimum absolute atomic E-state index is 0.226. The first-order valence-corrected chi connectivity index (χ1v) is 12.7. The molecular weight excluding hydrogens is 422 g/mol. The fourth-order valence-corrected chi connectivity index (χ4v) is 5.87. The molecule has 0 saturated carbocycles. The molecule has 1 N–H and O–H groups in total. The van der Waals surface area contributed by atoms with E-state index in [0.717, 1.165) is 63.4 Å². The van der Waals surface area contributed by atoms with E-state index in [0.29, 0.717) is 12.0 Å². The Bertz CT molecular complexity index is 1130. The van der Waals surface area contributed by atoms with Crippen LogP contribution in [-0.4, -0.2) is 57.7 Å². The third-order valence-electron chi connectivity index (χ3n) is 7.84. The molecule has 1 aromatic heterocycles. The van der Waals surface area contributed by atoms with Crippen molar-refractivity contribution >= 4 is 5.91 Å². The lowest BCUT2D eigenvalue weighted by Crippen LogP contribution is -2.46. The molecule has 3 aliphatic rings. The molecule has 2 fully saturated rings. The highest BCUT2D eigenvalue weighted by atomic mass is 16.2. The smallest absolute Gasteiger partial charge is 0.254 e. The summed E-state index contributed by atoms with van der Waals surface area (Å²) < 4.78 is 1.89. The van der Waals surface area contributed by atoms with E-state index >= 15 is 0 Å². The van der Waals surface area contributed by atoms with Gasteiger partial charge in [0.05, 0.1) is 5.69 Å². The number of hydrogen-bond donors (Lipinski definition) is 1. The van der Waals surface area contributed by atoms with Crippen molar-refractivity contribution in [3.63, 3.8) is 0 Å². The molecule has 34 heavy (non-hydrogen) atoms. The quantitative estimate of drug-likeness (QED) is 0.633. The first-order valence-electron chi connectivity index (χ1n) is 12.7. The van der Waals surface area contributed by atoms with Gasteiger partial charge in [-0.1, -0.05) is 24.3 Å². The lowest BCUT2D eigenvalue weighted by Gasteiger charge is -2.32. The molecule has 1 atom stereocenters. The lowest BCUT2D eigenvalue weighted by atomic mass is 9.87. The number of benzene rings is 2. The minimum atomic E-state index is 0.226. The van der Waals surface area contributed by atoms with Crippen molar-refractivity contribution in [3.05, 3.63) is 83.2 Å². The number of carbonyl (C=O) groups excluding carboxylic acids is 1. The van der Waals surface area contributed by atoms with Gasteiger partial charge in [-0.25, -0.2) is 4.68 Å². The second kappa shape index (κ2) is 9.35. The maximum atomic E-state index is 13.0. The van der Waals surface area contributed by atoms with Crippen molar-refractivity contribution < 1.29 is 4.79 Å². The van der Waals surface area contributed by atoms with Crippen LogP contribution >= 0.6 is 0 Å². The van der Waals surface area contributed by atoms with Gasteiger partial charge in [0, 0.05) is 43.6 Å². The second-order valence-corrected chi connectivity index (χ2v) is 10.0. The number of aromatic nitrogens is 2. The maximum absolute atomic E-state index is 13.0. The van der Waals surface area contributed by atoms with E-state index in [4.69, 9.17) is 0 Å². The number of fused-ring (bicyclic) bond motifs is 1. The van der Waals surface area contributed by atoms with Gasteiger partial charge in [-0.2, -0.15) is 5.10 Å². The van der Waals surface area contributed by atoms with Crippen LogP contribution in [0.3, 0.4) is 0 Å². The zero-order valence-corrected chi connectivity index (χ0v) is 19.7. The summed E-state index contributed by atoms with van der Waals surface area (Å²) in [6.45, 7) is 6.00. The van der Waals surface area contributed by atoms with E-state index in [1.54, 1.807) is 6.20 Å². The minimum Gasteiger partial charge on any atom is -0.330 e. The van der Waals surface area contributed by atoms with Crippen LogP contribution in [-0.2, 0) is 13.1 Å². The van der Waals surface area contributed by atoms with Gasteiger partial charge in [-0.3, -0.25) is 9.69 Å². The second-order valence-electron chi connectivity index (χ2n) is 10.0. The van der Waals surface area contributed by atoms with E-state index < -0.39 is 0 Å². The Labute approximate surface area is 201 Å². The first-order chi connectivity index (χ1) is 16.7.